The van der Waals surface area contributed by atoms with Gasteiger partial charge in [-0.25, -0.2) is 4.39 Å². The molecule has 0 bridgehead atoms. The second kappa shape index (κ2) is 6.01. The molecule has 0 spiro atoms. The second-order valence-electron chi connectivity index (χ2n) is 4.25. The molecule has 2 aromatic rings. The zero-order valence-corrected chi connectivity index (χ0v) is 12.2. The van der Waals surface area contributed by atoms with Gasteiger partial charge in [-0.3, -0.25) is 4.79 Å². The Morgan fingerprint density at radius 3 is 2.29 bits per heavy atom. The van der Waals surface area contributed by atoms with E-state index >= 15 is 0 Å². The number of benzene rings is 2. The van der Waals surface area contributed by atoms with Gasteiger partial charge in [-0.05, 0) is 24.3 Å². The molecule has 21 heavy (non-hydrogen) atoms. The Balaban J connectivity index is 2.53. The molecular formula is C15H13ClFNO3. The van der Waals surface area contributed by atoms with Crippen LogP contribution in [0, 0.1) is 5.82 Å². The van der Waals surface area contributed by atoms with E-state index in [1.54, 1.807) is 0 Å². The fourth-order valence-corrected chi connectivity index (χ4v) is 2.15. The average molecular weight is 310 g/mol. The summed E-state index contributed by atoms with van der Waals surface area (Å²) in [6.07, 6.45) is 0. The Kier molecular flexibility index (Phi) is 4.33. The van der Waals surface area contributed by atoms with Crippen LogP contribution in [0.25, 0.3) is 0 Å². The van der Waals surface area contributed by atoms with Crippen molar-refractivity contribution in [3.05, 3.63) is 52.3 Å². The molecule has 4 nitrogen and oxygen atoms in total. The lowest BCUT2D eigenvalue weighted by atomic mass is 10.0. The van der Waals surface area contributed by atoms with Crippen molar-refractivity contribution in [1.29, 1.82) is 0 Å². The van der Waals surface area contributed by atoms with Gasteiger partial charge in [0.15, 0.2) is 17.3 Å². The predicted octanol–water partition coefficient (Wildman–Crippen LogP) is 3.31. The highest BCUT2D eigenvalue weighted by molar-refractivity contribution is 6.35. The van der Waals surface area contributed by atoms with Crippen molar-refractivity contribution in [3.63, 3.8) is 0 Å². The van der Waals surface area contributed by atoms with Gasteiger partial charge >= 0.3 is 0 Å². The Morgan fingerprint density at radius 2 is 1.71 bits per heavy atom. The van der Waals surface area contributed by atoms with Crippen LogP contribution < -0.4 is 15.2 Å². The van der Waals surface area contributed by atoms with Crippen LogP contribution >= 0.6 is 11.6 Å². The van der Waals surface area contributed by atoms with E-state index in [-0.39, 0.29) is 21.8 Å². The van der Waals surface area contributed by atoms with Crippen molar-refractivity contribution in [2.24, 2.45) is 0 Å². The van der Waals surface area contributed by atoms with E-state index in [0.29, 0.717) is 11.5 Å². The number of carbonyl (C=O) groups is 1. The Morgan fingerprint density at radius 1 is 1.10 bits per heavy atom. The van der Waals surface area contributed by atoms with E-state index in [0.717, 1.165) is 12.1 Å². The fraction of sp³-hybridized carbons (Fsp3) is 0.133. The molecule has 0 saturated carbocycles. The number of carbonyl (C=O) groups excluding carboxylic acids is 1. The Bertz CT molecular complexity index is 704. The minimum atomic E-state index is -0.512. The maximum absolute atomic E-state index is 13.1. The Labute approximate surface area is 126 Å². The van der Waals surface area contributed by atoms with Gasteiger partial charge in [0.1, 0.15) is 5.82 Å². The first-order valence-corrected chi connectivity index (χ1v) is 6.37. The molecule has 0 fully saturated rings. The first-order chi connectivity index (χ1) is 9.97. The number of ketones is 1. The summed E-state index contributed by atoms with van der Waals surface area (Å²) in [6, 6.07) is 6.51. The van der Waals surface area contributed by atoms with Gasteiger partial charge in [-0.2, -0.15) is 0 Å². The highest BCUT2D eigenvalue weighted by atomic mass is 35.5. The number of nitrogens with two attached hydrogens (primary N) is 1. The third-order valence-corrected chi connectivity index (χ3v) is 3.29. The van der Waals surface area contributed by atoms with E-state index in [4.69, 9.17) is 26.8 Å². The molecule has 110 valence electrons. The van der Waals surface area contributed by atoms with Crippen LogP contribution in [0.15, 0.2) is 30.3 Å². The van der Waals surface area contributed by atoms with Gasteiger partial charge in [0.25, 0.3) is 0 Å². The van der Waals surface area contributed by atoms with Gasteiger partial charge in [-0.15, -0.1) is 0 Å². The van der Waals surface area contributed by atoms with Crippen LogP contribution in [0.2, 0.25) is 5.02 Å². The number of methoxy groups -OCH3 is 2. The van der Waals surface area contributed by atoms with Crippen molar-refractivity contribution in [2.45, 2.75) is 0 Å². The highest BCUT2D eigenvalue weighted by Crippen LogP contribution is 2.34. The summed E-state index contributed by atoms with van der Waals surface area (Å²) >= 11 is 6.09. The van der Waals surface area contributed by atoms with E-state index in [2.05, 4.69) is 0 Å². The van der Waals surface area contributed by atoms with Crippen molar-refractivity contribution < 1.29 is 18.7 Å². The minimum Gasteiger partial charge on any atom is -0.493 e. The van der Waals surface area contributed by atoms with Crippen molar-refractivity contribution >= 4 is 23.1 Å². The average Bonchev–Trinajstić information content (AvgIpc) is 2.46. The van der Waals surface area contributed by atoms with E-state index in [1.165, 1.54) is 32.4 Å². The van der Waals surface area contributed by atoms with E-state index in [9.17, 15) is 9.18 Å². The van der Waals surface area contributed by atoms with Crippen LogP contribution in [-0.2, 0) is 0 Å². The SMILES string of the molecule is COc1cc(Cl)c(C(=O)c2ccc(F)cc2N)cc1OC. The van der Waals surface area contributed by atoms with Gasteiger partial charge in [0.05, 0.1) is 19.2 Å². The third kappa shape index (κ3) is 2.92. The van der Waals surface area contributed by atoms with Gasteiger partial charge in [0, 0.05) is 22.9 Å². The predicted molar refractivity (Wildman–Crippen MR) is 78.8 cm³/mol. The third-order valence-electron chi connectivity index (χ3n) is 2.98. The first kappa shape index (κ1) is 15.1. The molecule has 0 saturated heterocycles. The van der Waals surface area contributed by atoms with Gasteiger partial charge < -0.3 is 15.2 Å². The normalized spacial score (nSPS) is 10.3. The Hall–Kier alpha value is -2.27. The zero-order chi connectivity index (χ0) is 15.6. The van der Waals surface area contributed by atoms with Crippen LogP contribution in [-0.4, -0.2) is 20.0 Å². The standard InChI is InChI=1S/C15H13ClFNO3/c1-20-13-6-10(11(16)7-14(13)21-2)15(19)9-4-3-8(17)5-12(9)18/h3-7H,18H2,1-2H3. The lowest BCUT2D eigenvalue weighted by molar-refractivity contribution is 0.103. The molecule has 2 rings (SSSR count). The molecule has 0 heterocycles. The van der Waals surface area contributed by atoms with Crippen molar-refractivity contribution in [3.8, 4) is 11.5 Å². The summed E-state index contributed by atoms with van der Waals surface area (Å²) in [5, 5.41) is 0.196. The molecule has 0 atom stereocenters. The zero-order valence-electron chi connectivity index (χ0n) is 11.4. The summed E-state index contributed by atoms with van der Waals surface area (Å²) in [4.78, 5) is 12.5. The molecule has 0 aromatic heterocycles. The smallest absolute Gasteiger partial charge is 0.196 e. The van der Waals surface area contributed by atoms with Crippen LogP contribution in [0.1, 0.15) is 15.9 Å². The topological polar surface area (TPSA) is 61.5 Å². The summed E-state index contributed by atoms with van der Waals surface area (Å²) in [5.74, 6) is -0.155. The van der Waals surface area contributed by atoms with Crippen LogP contribution in [0.3, 0.4) is 0 Å². The maximum Gasteiger partial charge on any atom is 0.196 e. The van der Waals surface area contributed by atoms with E-state index < -0.39 is 11.6 Å². The largest absolute Gasteiger partial charge is 0.493 e. The number of ether oxygens (including phenoxy) is 2. The molecule has 0 radical (unpaired) electrons. The monoisotopic (exact) mass is 309 g/mol. The quantitative estimate of drug-likeness (QED) is 0.695. The molecule has 2 N–H and O–H groups in total. The summed E-state index contributed by atoms with van der Waals surface area (Å²) in [6.45, 7) is 0. The van der Waals surface area contributed by atoms with Crippen molar-refractivity contribution in [2.75, 3.05) is 20.0 Å². The van der Waals surface area contributed by atoms with Crippen LogP contribution in [0.5, 0.6) is 11.5 Å². The summed E-state index contributed by atoms with van der Waals surface area (Å²) in [5.41, 5.74) is 6.10. The van der Waals surface area contributed by atoms with E-state index in [1.807, 2.05) is 0 Å². The van der Waals surface area contributed by atoms with Gasteiger partial charge in [0.2, 0.25) is 0 Å². The van der Waals surface area contributed by atoms with Crippen molar-refractivity contribution in [1.82, 2.24) is 0 Å². The molecular weight excluding hydrogens is 297 g/mol. The molecule has 0 unspecified atom stereocenters. The van der Waals surface area contributed by atoms with Crippen LogP contribution in [0.4, 0.5) is 10.1 Å². The number of nitrogen functional groups attached to an aromatic ring is 1. The summed E-state index contributed by atoms with van der Waals surface area (Å²) in [7, 11) is 2.92. The fourth-order valence-electron chi connectivity index (χ4n) is 1.91. The summed E-state index contributed by atoms with van der Waals surface area (Å²) < 4.78 is 23.3. The molecule has 2 aromatic carbocycles. The number of anilines is 1. The molecule has 0 amide bonds. The number of hydrogen-bond acceptors (Lipinski definition) is 4. The highest BCUT2D eigenvalue weighted by Gasteiger charge is 2.19. The molecule has 6 heteroatoms. The lowest BCUT2D eigenvalue weighted by Gasteiger charge is -2.12. The lowest BCUT2D eigenvalue weighted by Crippen LogP contribution is -2.07. The maximum atomic E-state index is 13.1. The number of rotatable bonds is 4. The molecule has 0 aliphatic heterocycles. The number of halogens is 2. The molecule has 0 aliphatic carbocycles. The van der Waals surface area contributed by atoms with Gasteiger partial charge in [-0.1, -0.05) is 11.6 Å². The minimum absolute atomic E-state index is 0.0471. The second-order valence-corrected chi connectivity index (χ2v) is 4.65. The first-order valence-electron chi connectivity index (χ1n) is 5.99. The molecule has 0 aliphatic rings. The number of hydrogen-bond donors (Lipinski definition) is 1.